The number of hydrogen-bond acceptors (Lipinski definition) is 3. The molecule has 0 atom stereocenters. The first-order valence-electron chi connectivity index (χ1n) is 7.24. The fourth-order valence-electron chi connectivity index (χ4n) is 2.59. The van der Waals surface area contributed by atoms with E-state index < -0.39 is 0 Å². The first-order chi connectivity index (χ1) is 11.2. The fraction of sp³-hybridized carbons (Fsp3) is 0.0556. The lowest BCUT2D eigenvalue weighted by Gasteiger charge is -2.05. The van der Waals surface area contributed by atoms with Crippen molar-refractivity contribution in [1.82, 2.24) is 19.9 Å². The van der Waals surface area contributed by atoms with E-state index in [1.807, 2.05) is 18.3 Å². The molecular formula is C18H13BrN4. The molecule has 0 radical (unpaired) electrons. The van der Waals surface area contributed by atoms with E-state index in [4.69, 9.17) is 0 Å². The first kappa shape index (κ1) is 14.1. The number of fused-ring (bicyclic) bond motifs is 1. The van der Waals surface area contributed by atoms with Crippen molar-refractivity contribution in [3.8, 4) is 22.6 Å². The average molecular weight is 365 g/mol. The molecule has 0 amide bonds. The SMILES string of the molecule is Cc1cccnc1-c1ccc(-c2nc3ncc(Br)cc3[nH]2)cc1. The topological polar surface area (TPSA) is 54.5 Å². The second-order valence-corrected chi connectivity index (χ2v) is 6.27. The highest BCUT2D eigenvalue weighted by atomic mass is 79.9. The van der Waals surface area contributed by atoms with Gasteiger partial charge in [0, 0.05) is 28.0 Å². The van der Waals surface area contributed by atoms with Gasteiger partial charge in [-0.2, -0.15) is 0 Å². The number of rotatable bonds is 2. The molecular weight excluding hydrogens is 352 g/mol. The van der Waals surface area contributed by atoms with Gasteiger partial charge in [-0.3, -0.25) is 4.98 Å². The van der Waals surface area contributed by atoms with Crippen LogP contribution in [0.5, 0.6) is 0 Å². The van der Waals surface area contributed by atoms with Crippen molar-refractivity contribution < 1.29 is 0 Å². The van der Waals surface area contributed by atoms with Crippen molar-refractivity contribution in [2.45, 2.75) is 6.92 Å². The van der Waals surface area contributed by atoms with Crippen LogP contribution in [0.15, 0.2) is 59.3 Å². The highest BCUT2D eigenvalue weighted by Crippen LogP contribution is 2.25. The smallest absolute Gasteiger partial charge is 0.178 e. The zero-order chi connectivity index (χ0) is 15.8. The van der Waals surface area contributed by atoms with E-state index in [9.17, 15) is 0 Å². The molecule has 0 fully saturated rings. The molecule has 0 bridgehead atoms. The molecule has 1 aromatic carbocycles. The van der Waals surface area contributed by atoms with Gasteiger partial charge < -0.3 is 4.98 Å². The van der Waals surface area contributed by atoms with Crippen LogP contribution in [-0.2, 0) is 0 Å². The van der Waals surface area contributed by atoms with Gasteiger partial charge in [-0.25, -0.2) is 9.97 Å². The number of nitrogens with one attached hydrogen (secondary N) is 1. The predicted octanol–water partition coefficient (Wildman–Crippen LogP) is 4.76. The van der Waals surface area contributed by atoms with Crippen LogP contribution in [0, 0.1) is 6.92 Å². The van der Waals surface area contributed by atoms with Crippen LogP contribution >= 0.6 is 15.9 Å². The third-order valence-electron chi connectivity index (χ3n) is 3.75. The highest BCUT2D eigenvalue weighted by molar-refractivity contribution is 9.10. The molecule has 0 aliphatic rings. The Bertz CT molecular complexity index is 990. The molecule has 0 spiro atoms. The van der Waals surface area contributed by atoms with Crippen LogP contribution < -0.4 is 0 Å². The molecule has 3 aromatic heterocycles. The Morgan fingerprint density at radius 3 is 2.57 bits per heavy atom. The monoisotopic (exact) mass is 364 g/mol. The number of halogens is 1. The van der Waals surface area contributed by atoms with E-state index in [0.717, 1.165) is 38.2 Å². The van der Waals surface area contributed by atoms with Crippen LogP contribution in [0.3, 0.4) is 0 Å². The van der Waals surface area contributed by atoms with Gasteiger partial charge in [-0.1, -0.05) is 30.3 Å². The lowest BCUT2D eigenvalue weighted by molar-refractivity contribution is 1.27. The van der Waals surface area contributed by atoms with Gasteiger partial charge in [-0.15, -0.1) is 0 Å². The number of benzene rings is 1. The summed E-state index contributed by atoms with van der Waals surface area (Å²) in [4.78, 5) is 16.6. The highest BCUT2D eigenvalue weighted by Gasteiger charge is 2.08. The van der Waals surface area contributed by atoms with E-state index in [1.165, 1.54) is 0 Å². The van der Waals surface area contributed by atoms with Gasteiger partial charge in [0.05, 0.1) is 11.2 Å². The lowest BCUT2D eigenvalue weighted by atomic mass is 10.0. The maximum atomic E-state index is 4.54. The second-order valence-electron chi connectivity index (χ2n) is 5.36. The van der Waals surface area contributed by atoms with Crippen LogP contribution in [-0.4, -0.2) is 19.9 Å². The summed E-state index contributed by atoms with van der Waals surface area (Å²) in [5.74, 6) is 0.815. The molecule has 1 N–H and O–H groups in total. The quantitative estimate of drug-likeness (QED) is 0.557. The van der Waals surface area contributed by atoms with Gasteiger partial charge in [0.15, 0.2) is 5.65 Å². The van der Waals surface area contributed by atoms with E-state index in [0.29, 0.717) is 5.65 Å². The normalized spacial score (nSPS) is 11.0. The zero-order valence-electron chi connectivity index (χ0n) is 12.4. The summed E-state index contributed by atoms with van der Waals surface area (Å²) in [6.07, 6.45) is 3.57. The van der Waals surface area contributed by atoms with Crippen molar-refractivity contribution in [1.29, 1.82) is 0 Å². The fourth-order valence-corrected chi connectivity index (χ4v) is 2.92. The van der Waals surface area contributed by atoms with Crippen LogP contribution in [0.25, 0.3) is 33.8 Å². The molecule has 4 rings (SSSR count). The molecule has 4 nitrogen and oxygen atoms in total. The lowest BCUT2D eigenvalue weighted by Crippen LogP contribution is -1.87. The summed E-state index contributed by atoms with van der Waals surface area (Å²) >= 11 is 3.42. The standard InChI is InChI=1S/C18H13BrN4/c1-11-3-2-8-20-16(11)12-4-6-13(7-5-12)17-22-15-9-14(19)10-21-18(15)23-17/h2-10H,1H3,(H,21,22,23). The molecule has 3 heterocycles. The Morgan fingerprint density at radius 2 is 1.78 bits per heavy atom. The number of nitrogens with zero attached hydrogens (tertiary/aromatic N) is 3. The summed E-state index contributed by atoms with van der Waals surface area (Å²) in [5.41, 5.74) is 5.93. The summed E-state index contributed by atoms with van der Waals surface area (Å²) in [6.45, 7) is 2.07. The van der Waals surface area contributed by atoms with Crippen LogP contribution in [0.4, 0.5) is 0 Å². The molecule has 0 aliphatic heterocycles. The Morgan fingerprint density at radius 1 is 1.00 bits per heavy atom. The number of hydrogen-bond donors (Lipinski definition) is 1. The van der Waals surface area contributed by atoms with Crippen molar-refractivity contribution >= 4 is 27.1 Å². The number of aromatic nitrogens is 4. The minimum Gasteiger partial charge on any atom is -0.337 e. The van der Waals surface area contributed by atoms with Crippen molar-refractivity contribution in [3.63, 3.8) is 0 Å². The van der Waals surface area contributed by atoms with Gasteiger partial charge in [0.1, 0.15) is 5.82 Å². The third kappa shape index (κ3) is 2.64. The molecule has 0 saturated heterocycles. The van der Waals surface area contributed by atoms with Crippen molar-refractivity contribution in [2.75, 3.05) is 0 Å². The molecule has 0 aliphatic carbocycles. The Balaban J connectivity index is 1.73. The Kier molecular flexibility index (Phi) is 3.42. The number of pyridine rings is 2. The van der Waals surface area contributed by atoms with E-state index in [1.54, 1.807) is 6.20 Å². The molecule has 0 saturated carbocycles. The summed E-state index contributed by atoms with van der Waals surface area (Å²) < 4.78 is 0.932. The van der Waals surface area contributed by atoms with Crippen LogP contribution in [0.2, 0.25) is 0 Å². The van der Waals surface area contributed by atoms with E-state index >= 15 is 0 Å². The molecule has 5 heteroatoms. The van der Waals surface area contributed by atoms with Crippen molar-refractivity contribution in [2.24, 2.45) is 0 Å². The van der Waals surface area contributed by atoms with Gasteiger partial charge in [0.2, 0.25) is 0 Å². The summed E-state index contributed by atoms with van der Waals surface area (Å²) in [7, 11) is 0. The van der Waals surface area contributed by atoms with Gasteiger partial charge in [-0.05, 0) is 40.5 Å². The van der Waals surface area contributed by atoms with Crippen molar-refractivity contribution in [3.05, 3.63) is 64.9 Å². The largest absolute Gasteiger partial charge is 0.337 e. The number of H-pyrrole nitrogens is 1. The maximum Gasteiger partial charge on any atom is 0.178 e. The Hall–Kier alpha value is -2.53. The van der Waals surface area contributed by atoms with E-state index in [-0.39, 0.29) is 0 Å². The number of imidazole rings is 1. The molecule has 4 aromatic rings. The average Bonchev–Trinajstić information content (AvgIpc) is 2.98. The first-order valence-corrected chi connectivity index (χ1v) is 8.04. The number of aryl methyl sites for hydroxylation is 1. The number of aromatic amines is 1. The third-order valence-corrected chi connectivity index (χ3v) is 4.18. The molecule has 23 heavy (non-hydrogen) atoms. The maximum absolute atomic E-state index is 4.54. The van der Waals surface area contributed by atoms with E-state index in [2.05, 4.69) is 73.1 Å². The Labute approximate surface area is 141 Å². The minimum atomic E-state index is 0.716. The zero-order valence-corrected chi connectivity index (χ0v) is 14.0. The van der Waals surface area contributed by atoms with Gasteiger partial charge in [0.25, 0.3) is 0 Å². The summed E-state index contributed by atoms with van der Waals surface area (Å²) in [5, 5.41) is 0. The minimum absolute atomic E-state index is 0.716. The molecule has 112 valence electrons. The van der Waals surface area contributed by atoms with Crippen LogP contribution in [0.1, 0.15) is 5.56 Å². The second kappa shape index (κ2) is 5.59. The van der Waals surface area contributed by atoms with Gasteiger partial charge >= 0.3 is 0 Å². The summed E-state index contributed by atoms with van der Waals surface area (Å²) in [6, 6.07) is 14.2. The molecule has 0 unspecified atom stereocenters. The predicted molar refractivity (Wildman–Crippen MR) is 95.0 cm³/mol.